The van der Waals surface area contributed by atoms with E-state index in [9.17, 15) is 0 Å². The maximum Gasteiger partial charge on any atom is 0.0266 e. The van der Waals surface area contributed by atoms with Crippen LogP contribution in [-0.2, 0) is 0 Å². The lowest BCUT2D eigenvalue weighted by Gasteiger charge is -1.96. The van der Waals surface area contributed by atoms with Gasteiger partial charge < -0.3 is 0 Å². The van der Waals surface area contributed by atoms with Crippen LogP contribution in [0.4, 0.5) is 0 Å². The monoisotopic (exact) mass is 316 g/mol. The third-order valence-electron chi connectivity index (χ3n) is 2.84. The van der Waals surface area contributed by atoms with Crippen molar-refractivity contribution in [2.45, 2.75) is 51.9 Å². The van der Waals surface area contributed by atoms with Crippen molar-refractivity contribution in [3.63, 3.8) is 0 Å². The van der Waals surface area contributed by atoms with Crippen LogP contribution in [0.2, 0.25) is 0 Å². The molecule has 1 heteroatoms. The van der Waals surface area contributed by atoms with Crippen LogP contribution in [0.5, 0.6) is 0 Å². The summed E-state index contributed by atoms with van der Waals surface area (Å²) < 4.78 is 1.05. The minimum absolute atomic E-state index is 0.972. The molecule has 0 amide bonds. The largest absolute Gasteiger partial charge is 0.0891 e. The van der Waals surface area contributed by atoms with Crippen LogP contribution < -0.4 is 0 Å². The van der Waals surface area contributed by atoms with E-state index in [0.717, 1.165) is 16.5 Å². The quantitative estimate of drug-likeness (QED) is 0.476. The van der Waals surface area contributed by atoms with Crippen molar-refractivity contribution in [2.24, 2.45) is 0 Å². The molecule has 0 saturated carbocycles. The highest BCUT2D eigenvalue weighted by molar-refractivity contribution is 9.10. The van der Waals surface area contributed by atoms with Gasteiger partial charge in [-0.1, -0.05) is 72.9 Å². The third-order valence-corrected chi connectivity index (χ3v) is 3.33. The molecule has 0 radical (unpaired) electrons. The van der Waals surface area contributed by atoms with Crippen LogP contribution in [0.25, 0.3) is 0 Å². The molecule has 0 aromatic heterocycles. The average Bonchev–Trinajstić information content (AvgIpc) is 2.41. The average molecular weight is 317 g/mol. The van der Waals surface area contributed by atoms with Gasteiger partial charge in [0.2, 0.25) is 0 Å². The van der Waals surface area contributed by atoms with E-state index in [2.05, 4.69) is 46.5 Å². The lowest BCUT2D eigenvalue weighted by atomic mass is 10.1. The molecule has 0 heterocycles. The molecule has 0 aliphatic carbocycles. The number of hydrogen-bond donors (Lipinski definition) is 0. The molecule has 0 N–H and O–H groups in total. The van der Waals surface area contributed by atoms with Gasteiger partial charge in [-0.25, -0.2) is 0 Å². The first-order valence-electron chi connectivity index (χ1n) is 7.07. The number of benzene rings is 1. The Kier molecular flexibility index (Phi) is 8.95. The van der Waals surface area contributed by atoms with E-state index in [0.29, 0.717) is 0 Å². The van der Waals surface area contributed by atoms with Gasteiger partial charge in [0.15, 0.2) is 0 Å². The third kappa shape index (κ3) is 8.52. The standard InChI is InChI=1S/C18H21Br/c1-2-3-4-5-6-7-8-9-10-11-13-17-14-12-15-18(19)16-17/h12,14-16H,2-8H2,1H3. The van der Waals surface area contributed by atoms with Crippen molar-refractivity contribution >= 4 is 15.9 Å². The van der Waals surface area contributed by atoms with Crippen LogP contribution in [-0.4, -0.2) is 0 Å². The molecule has 0 aliphatic heterocycles. The predicted molar refractivity (Wildman–Crippen MR) is 86.8 cm³/mol. The molecule has 100 valence electrons. The van der Waals surface area contributed by atoms with E-state index in [1.807, 2.05) is 24.3 Å². The molecule has 0 aliphatic rings. The molecule has 1 aromatic carbocycles. The summed E-state index contributed by atoms with van der Waals surface area (Å²) in [5, 5.41) is 0. The molecule has 1 rings (SSSR count). The molecule has 19 heavy (non-hydrogen) atoms. The summed E-state index contributed by atoms with van der Waals surface area (Å²) in [5.41, 5.74) is 1.00. The van der Waals surface area contributed by atoms with Crippen LogP contribution >= 0.6 is 15.9 Å². The van der Waals surface area contributed by atoms with E-state index < -0.39 is 0 Å². The molecular weight excluding hydrogens is 296 g/mol. The van der Waals surface area contributed by atoms with Crippen LogP contribution in [0.3, 0.4) is 0 Å². The Morgan fingerprint density at radius 3 is 2.58 bits per heavy atom. The van der Waals surface area contributed by atoms with Gasteiger partial charge in [0.1, 0.15) is 0 Å². The molecule has 0 nitrogen and oxygen atoms in total. The fourth-order valence-corrected chi connectivity index (χ4v) is 2.17. The van der Waals surface area contributed by atoms with Crippen molar-refractivity contribution in [2.75, 3.05) is 0 Å². The molecule has 1 aromatic rings. The second kappa shape index (κ2) is 10.7. The molecular formula is C18H21Br. The normalized spacial score (nSPS) is 9.16. The molecule has 0 bridgehead atoms. The van der Waals surface area contributed by atoms with Gasteiger partial charge in [-0.15, -0.1) is 0 Å². The van der Waals surface area contributed by atoms with Crippen molar-refractivity contribution in [3.8, 4) is 23.7 Å². The summed E-state index contributed by atoms with van der Waals surface area (Å²) in [6.45, 7) is 2.25. The Bertz CT molecular complexity index is 480. The first kappa shape index (κ1) is 15.9. The van der Waals surface area contributed by atoms with Gasteiger partial charge in [-0.2, -0.15) is 0 Å². The Labute approximate surface area is 126 Å². The number of rotatable bonds is 6. The van der Waals surface area contributed by atoms with Gasteiger partial charge in [0, 0.05) is 16.5 Å². The number of unbranched alkanes of at least 4 members (excludes halogenated alkanes) is 6. The molecule has 0 saturated heterocycles. The Morgan fingerprint density at radius 1 is 1.00 bits per heavy atom. The molecule has 0 unspecified atom stereocenters. The summed E-state index contributed by atoms with van der Waals surface area (Å²) >= 11 is 3.43. The fraction of sp³-hybridized carbons (Fsp3) is 0.444. The highest BCUT2D eigenvalue weighted by Crippen LogP contribution is 2.10. The lowest BCUT2D eigenvalue weighted by molar-refractivity contribution is 0.614. The van der Waals surface area contributed by atoms with Crippen LogP contribution in [0, 0.1) is 23.7 Å². The molecule has 0 fully saturated rings. The zero-order valence-corrected chi connectivity index (χ0v) is 13.2. The van der Waals surface area contributed by atoms with Gasteiger partial charge in [0.25, 0.3) is 0 Å². The second-order valence-corrected chi connectivity index (χ2v) is 5.50. The smallest absolute Gasteiger partial charge is 0.0266 e. The van der Waals surface area contributed by atoms with Crippen molar-refractivity contribution in [1.82, 2.24) is 0 Å². The van der Waals surface area contributed by atoms with E-state index in [1.54, 1.807) is 0 Å². The first-order chi connectivity index (χ1) is 9.33. The maximum atomic E-state index is 3.43. The second-order valence-electron chi connectivity index (χ2n) is 4.58. The Hall–Kier alpha value is -1.18. The van der Waals surface area contributed by atoms with Crippen molar-refractivity contribution < 1.29 is 0 Å². The van der Waals surface area contributed by atoms with Gasteiger partial charge in [0.05, 0.1) is 0 Å². The summed E-state index contributed by atoms with van der Waals surface area (Å²) in [6.07, 6.45) is 8.86. The summed E-state index contributed by atoms with van der Waals surface area (Å²) in [6, 6.07) is 7.98. The topological polar surface area (TPSA) is 0 Å². The Morgan fingerprint density at radius 2 is 1.79 bits per heavy atom. The van der Waals surface area contributed by atoms with E-state index >= 15 is 0 Å². The summed E-state index contributed by atoms with van der Waals surface area (Å²) in [5.74, 6) is 12.0. The van der Waals surface area contributed by atoms with Gasteiger partial charge in [-0.05, 0) is 36.5 Å². The highest BCUT2D eigenvalue weighted by atomic mass is 79.9. The van der Waals surface area contributed by atoms with Gasteiger partial charge >= 0.3 is 0 Å². The predicted octanol–water partition coefficient (Wildman–Crippen LogP) is 5.55. The van der Waals surface area contributed by atoms with Crippen molar-refractivity contribution in [1.29, 1.82) is 0 Å². The SMILES string of the molecule is CCCCCCCCC#CC#Cc1cccc(Br)c1. The highest BCUT2D eigenvalue weighted by Gasteiger charge is 1.88. The maximum absolute atomic E-state index is 3.43. The zero-order chi connectivity index (χ0) is 13.8. The zero-order valence-electron chi connectivity index (χ0n) is 11.6. The summed E-state index contributed by atoms with van der Waals surface area (Å²) in [4.78, 5) is 0. The fourth-order valence-electron chi connectivity index (χ4n) is 1.77. The molecule has 0 spiro atoms. The number of halogens is 1. The van der Waals surface area contributed by atoms with Crippen LogP contribution in [0.15, 0.2) is 28.7 Å². The van der Waals surface area contributed by atoms with E-state index in [-0.39, 0.29) is 0 Å². The van der Waals surface area contributed by atoms with E-state index in [4.69, 9.17) is 0 Å². The van der Waals surface area contributed by atoms with Crippen molar-refractivity contribution in [3.05, 3.63) is 34.3 Å². The van der Waals surface area contributed by atoms with Crippen LogP contribution in [0.1, 0.15) is 57.4 Å². The minimum atomic E-state index is 0.972. The minimum Gasteiger partial charge on any atom is -0.0891 e. The Balaban J connectivity index is 2.18. The lowest BCUT2D eigenvalue weighted by Crippen LogP contribution is -1.77. The molecule has 0 atom stereocenters. The summed E-state index contributed by atoms with van der Waals surface area (Å²) in [7, 11) is 0. The first-order valence-corrected chi connectivity index (χ1v) is 7.86. The van der Waals surface area contributed by atoms with Gasteiger partial charge in [-0.3, -0.25) is 0 Å². The number of hydrogen-bond acceptors (Lipinski definition) is 0. The van der Waals surface area contributed by atoms with E-state index in [1.165, 1.54) is 38.5 Å².